The number of sulfonamides is 1. The van der Waals surface area contributed by atoms with Crippen molar-refractivity contribution in [2.75, 3.05) is 26.7 Å². The lowest BCUT2D eigenvalue weighted by atomic mass is 10.0. The smallest absolute Gasteiger partial charge is 0.267 e. The molecule has 1 unspecified atom stereocenters. The van der Waals surface area contributed by atoms with Gasteiger partial charge < -0.3 is 9.88 Å². The Morgan fingerprint density at radius 1 is 1.36 bits per heavy atom. The highest BCUT2D eigenvalue weighted by atomic mass is 32.2. The van der Waals surface area contributed by atoms with Crippen LogP contribution >= 0.6 is 0 Å². The van der Waals surface area contributed by atoms with Crippen LogP contribution in [0.1, 0.15) is 49.5 Å². The van der Waals surface area contributed by atoms with Crippen molar-refractivity contribution >= 4 is 15.9 Å². The average molecular weight is 371 g/mol. The first kappa shape index (κ1) is 19.9. The van der Waals surface area contributed by atoms with E-state index in [-0.39, 0.29) is 10.8 Å². The number of carbonyl (C=O) groups excluding carboxylic acids is 1. The molecule has 1 aromatic heterocycles. The summed E-state index contributed by atoms with van der Waals surface area (Å²) in [6.07, 6.45) is 7.30. The molecule has 1 amide bonds. The number of nitrogens with zero attached hydrogens (tertiary/aromatic N) is 2. The van der Waals surface area contributed by atoms with Gasteiger partial charge in [-0.25, -0.2) is 13.1 Å². The molecule has 142 valence electrons. The Bertz CT molecular complexity index is 684. The second-order valence-electron chi connectivity index (χ2n) is 6.63. The third kappa shape index (κ3) is 5.05. The van der Waals surface area contributed by atoms with Crippen molar-refractivity contribution in [3.8, 4) is 0 Å². The molecule has 1 aliphatic heterocycles. The Morgan fingerprint density at radius 2 is 2.12 bits per heavy atom. The Morgan fingerprint density at radius 3 is 2.80 bits per heavy atom. The van der Waals surface area contributed by atoms with Crippen molar-refractivity contribution in [1.29, 1.82) is 0 Å². The molecule has 1 fully saturated rings. The number of amides is 1. The van der Waals surface area contributed by atoms with E-state index in [4.69, 9.17) is 0 Å². The number of piperidine rings is 1. The molecule has 0 radical (unpaired) electrons. The zero-order valence-corrected chi connectivity index (χ0v) is 16.2. The van der Waals surface area contributed by atoms with Crippen molar-refractivity contribution < 1.29 is 13.2 Å². The molecule has 0 saturated carbocycles. The van der Waals surface area contributed by atoms with Gasteiger partial charge in [-0.2, -0.15) is 0 Å². The number of hydrogen-bond acceptors (Lipinski definition) is 4. The first-order valence-electron chi connectivity index (χ1n) is 9.01. The third-order valence-electron chi connectivity index (χ3n) is 4.84. The van der Waals surface area contributed by atoms with E-state index >= 15 is 0 Å². The molecule has 2 heterocycles. The molecule has 8 heteroatoms. The van der Waals surface area contributed by atoms with Crippen molar-refractivity contribution in [3.63, 3.8) is 0 Å². The number of likely N-dealkylation sites (tertiary alicyclic amines) is 1. The van der Waals surface area contributed by atoms with Crippen LogP contribution in [-0.4, -0.2) is 56.5 Å². The molecule has 2 rings (SSSR count). The number of hydrogen-bond donors (Lipinski definition) is 2. The van der Waals surface area contributed by atoms with E-state index in [0.717, 1.165) is 19.5 Å². The number of aryl methyl sites for hydroxylation is 1. The molecule has 1 atom stereocenters. The van der Waals surface area contributed by atoms with Crippen molar-refractivity contribution in [3.05, 3.63) is 18.0 Å². The van der Waals surface area contributed by atoms with E-state index in [1.54, 1.807) is 11.6 Å². The van der Waals surface area contributed by atoms with Crippen LogP contribution in [0, 0.1) is 0 Å². The van der Waals surface area contributed by atoms with Crippen molar-refractivity contribution in [2.45, 2.75) is 50.0 Å². The van der Waals surface area contributed by atoms with Crippen LogP contribution in [0.15, 0.2) is 17.2 Å². The highest BCUT2D eigenvalue weighted by Crippen LogP contribution is 2.18. The van der Waals surface area contributed by atoms with Crippen molar-refractivity contribution in [2.24, 2.45) is 7.05 Å². The molecule has 0 spiro atoms. The summed E-state index contributed by atoms with van der Waals surface area (Å²) in [5, 5.41) is 2.98. The van der Waals surface area contributed by atoms with Crippen LogP contribution in [-0.2, 0) is 17.1 Å². The second kappa shape index (κ2) is 8.82. The van der Waals surface area contributed by atoms with E-state index < -0.39 is 10.0 Å². The maximum absolute atomic E-state index is 12.5. The van der Waals surface area contributed by atoms with Gasteiger partial charge in [0.05, 0.1) is 0 Å². The van der Waals surface area contributed by atoms with Crippen molar-refractivity contribution in [1.82, 2.24) is 19.5 Å². The first-order chi connectivity index (χ1) is 11.9. The largest absolute Gasteiger partial charge is 0.349 e. The molecule has 1 aliphatic rings. The van der Waals surface area contributed by atoms with Gasteiger partial charge >= 0.3 is 0 Å². The predicted molar refractivity (Wildman–Crippen MR) is 98.1 cm³/mol. The monoisotopic (exact) mass is 370 g/mol. The van der Waals surface area contributed by atoms with E-state index in [0.29, 0.717) is 18.3 Å². The second-order valence-corrected chi connectivity index (χ2v) is 8.52. The molecule has 1 aromatic rings. The lowest BCUT2D eigenvalue weighted by molar-refractivity contribution is 0.0905. The van der Waals surface area contributed by atoms with Gasteiger partial charge in [-0.3, -0.25) is 9.69 Å². The SMILES string of the molecule is CCCCN1CCCCC1CNC(=O)c1cc(S(=O)(=O)NC)cn1C. The zero-order valence-electron chi connectivity index (χ0n) is 15.4. The number of unbranched alkanes of at least 4 members (excludes halogenated alkanes) is 1. The van der Waals surface area contributed by atoms with Gasteiger partial charge in [-0.05, 0) is 45.5 Å². The van der Waals surface area contributed by atoms with Gasteiger partial charge in [0.2, 0.25) is 10.0 Å². The summed E-state index contributed by atoms with van der Waals surface area (Å²) in [5.74, 6) is -0.235. The normalized spacial score (nSPS) is 19.1. The molecule has 25 heavy (non-hydrogen) atoms. The lowest BCUT2D eigenvalue weighted by Crippen LogP contribution is -2.47. The Kier molecular flexibility index (Phi) is 7.04. The third-order valence-corrected chi connectivity index (χ3v) is 6.22. The Hall–Kier alpha value is -1.38. The van der Waals surface area contributed by atoms with Crippen LogP contribution < -0.4 is 10.0 Å². The number of rotatable bonds is 8. The first-order valence-corrected chi connectivity index (χ1v) is 10.5. The molecular formula is C17H30N4O3S. The molecule has 0 bridgehead atoms. The van der Waals surface area contributed by atoms with Crippen LogP contribution in [0.3, 0.4) is 0 Å². The summed E-state index contributed by atoms with van der Waals surface area (Å²) in [6.45, 7) is 4.95. The fraction of sp³-hybridized carbons (Fsp3) is 0.706. The Labute approximate surface area is 150 Å². The molecule has 0 aliphatic carbocycles. The molecular weight excluding hydrogens is 340 g/mol. The van der Waals surface area contributed by atoms with Gasteiger partial charge in [0.15, 0.2) is 0 Å². The summed E-state index contributed by atoms with van der Waals surface area (Å²) >= 11 is 0. The summed E-state index contributed by atoms with van der Waals surface area (Å²) in [4.78, 5) is 15.1. The summed E-state index contributed by atoms with van der Waals surface area (Å²) < 4.78 is 27.6. The van der Waals surface area contributed by atoms with Crippen LogP contribution in [0.5, 0.6) is 0 Å². The highest BCUT2D eigenvalue weighted by molar-refractivity contribution is 7.89. The van der Waals surface area contributed by atoms with Gasteiger partial charge in [-0.1, -0.05) is 19.8 Å². The van der Waals surface area contributed by atoms with E-state index in [1.165, 1.54) is 45.0 Å². The maximum atomic E-state index is 12.5. The molecule has 7 nitrogen and oxygen atoms in total. The fourth-order valence-electron chi connectivity index (χ4n) is 3.27. The Balaban J connectivity index is 2.00. The lowest BCUT2D eigenvalue weighted by Gasteiger charge is -2.35. The maximum Gasteiger partial charge on any atom is 0.267 e. The van der Waals surface area contributed by atoms with Crippen LogP contribution in [0.2, 0.25) is 0 Å². The average Bonchev–Trinajstić information content (AvgIpc) is 3.01. The predicted octanol–water partition coefficient (Wildman–Crippen LogP) is 1.32. The van der Waals surface area contributed by atoms with Gasteiger partial charge in [0.1, 0.15) is 10.6 Å². The van der Waals surface area contributed by atoms with E-state index in [1.807, 2.05) is 0 Å². The number of carbonyl (C=O) groups is 1. The minimum atomic E-state index is -3.55. The minimum absolute atomic E-state index is 0.102. The molecule has 0 aromatic carbocycles. The topological polar surface area (TPSA) is 83.4 Å². The van der Waals surface area contributed by atoms with Crippen LogP contribution in [0.25, 0.3) is 0 Å². The summed E-state index contributed by atoms with van der Waals surface area (Å²) in [7, 11) is -0.511. The van der Waals surface area contributed by atoms with E-state index in [9.17, 15) is 13.2 Å². The quantitative estimate of drug-likeness (QED) is 0.723. The van der Waals surface area contributed by atoms with Crippen LogP contribution in [0.4, 0.5) is 0 Å². The van der Waals surface area contributed by atoms with Gasteiger partial charge in [-0.15, -0.1) is 0 Å². The number of aromatic nitrogens is 1. The summed E-state index contributed by atoms with van der Waals surface area (Å²) in [6, 6.07) is 1.78. The summed E-state index contributed by atoms with van der Waals surface area (Å²) in [5.41, 5.74) is 0.352. The minimum Gasteiger partial charge on any atom is -0.349 e. The van der Waals surface area contributed by atoms with Gasteiger partial charge in [0, 0.05) is 25.8 Å². The van der Waals surface area contributed by atoms with E-state index in [2.05, 4.69) is 21.9 Å². The molecule has 2 N–H and O–H groups in total. The van der Waals surface area contributed by atoms with Gasteiger partial charge in [0.25, 0.3) is 5.91 Å². The number of nitrogens with one attached hydrogen (secondary N) is 2. The zero-order chi connectivity index (χ0) is 18.4. The highest BCUT2D eigenvalue weighted by Gasteiger charge is 2.24. The standard InChI is InChI=1S/C17H30N4O3S/c1-4-5-9-21-10-7-6-8-14(21)12-19-17(22)16-11-15(13-20(16)3)25(23,24)18-2/h11,13-14,18H,4-10,12H2,1-3H3,(H,19,22). The molecule has 1 saturated heterocycles. The fourth-order valence-corrected chi connectivity index (χ4v) is 4.07.